The molecule has 0 unspecified atom stereocenters. The number of hydrogen-bond donors (Lipinski definition) is 0. The first kappa shape index (κ1) is 16.6. The average Bonchev–Trinajstić information content (AvgIpc) is 3.39. The molecule has 0 bridgehead atoms. The number of fused-ring (bicyclic) bond motifs is 1. The van der Waals surface area contributed by atoms with Crippen molar-refractivity contribution < 1.29 is 13.6 Å². The molecule has 0 radical (unpaired) electrons. The predicted molar refractivity (Wildman–Crippen MR) is 95.0 cm³/mol. The number of hydrogen-bond acceptors (Lipinski definition) is 6. The number of nitriles is 1. The number of benzene rings is 1. The molecule has 8 heteroatoms. The molecule has 8 nitrogen and oxygen atoms in total. The van der Waals surface area contributed by atoms with E-state index in [-0.39, 0.29) is 18.2 Å². The van der Waals surface area contributed by atoms with Crippen LogP contribution in [-0.2, 0) is 13.1 Å². The van der Waals surface area contributed by atoms with Gasteiger partial charge in [0.25, 0.3) is 5.89 Å². The minimum absolute atomic E-state index is 0.0225. The third-order valence-corrected chi connectivity index (χ3v) is 4.19. The minimum Gasteiger partial charge on any atom is -0.459 e. The van der Waals surface area contributed by atoms with Crippen LogP contribution in [-0.4, -0.2) is 20.1 Å². The molecule has 134 valence electrons. The Labute approximate surface area is 152 Å². The van der Waals surface area contributed by atoms with Crippen molar-refractivity contribution in [3.05, 3.63) is 65.0 Å². The summed E-state index contributed by atoms with van der Waals surface area (Å²) in [5.41, 5.74) is 1.33. The van der Waals surface area contributed by atoms with Gasteiger partial charge in [-0.25, -0.2) is 4.79 Å². The first-order valence-corrected chi connectivity index (χ1v) is 8.27. The lowest BCUT2D eigenvalue weighted by Crippen LogP contribution is -2.21. The van der Waals surface area contributed by atoms with Gasteiger partial charge in [0.2, 0.25) is 0 Å². The number of carbonyl (C=O) groups excluding carboxylic acids is 1. The molecule has 0 aliphatic carbocycles. The number of ketones is 1. The van der Waals surface area contributed by atoms with Crippen molar-refractivity contribution in [2.75, 3.05) is 0 Å². The van der Waals surface area contributed by atoms with Crippen LogP contribution in [0.3, 0.4) is 0 Å². The normalized spacial score (nSPS) is 10.9. The minimum atomic E-state index is -0.733. The van der Waals surface area contributed by atoms with Gasteiger partial charge in [-0.3, -0.25) is 4.79 Å². The lowest BCUT2D eigenvalue weighted by atomic mass is 10.1. The maximum Gasteiger partial charge on any atom is 0.437 e. The Kier molecular flexibility index (Phi) is 4.18. The molecule has 0 saturated heterocycles. The standard InChI is InChI=1S/C19H14N4O4/c20-8-4-9-22-11-14(13-5-1-2-6-15(13)22)16(24)12-23-19(25)27-18(21-23)17-7-3-10-26-17/h1-3,5-7,10-11H,4,9,12H2. The van der Waals surface area contributed by atoms with Crippen LogP contribution in [0.15, 0.2) is 62.5 Å². The van der Waals surface area contributed by atoms with E-state index in [2.05, 4.69) is 11.2 Å². The number of Topliss-reactive ketones (excluding diaryl/α,β-unsaturated/α-hetero) is 1. The largest absolute Gasteiger partial charge is 0.459 e. The number of para-hydroxylation sites is 1. The van der Waals surface area contributed by atoms with Gasteiger partial charge in [0.15, 0.2) is 11.5 Å². The Bertz CT molecular complexity index is 1200. The monoisotopic (exact) mass is 362 g/mol. The molecular weight excluding hydrogens is 348 g/mol. The highest BCUT2D eigenvalue weighted by Crippen LogP contribution is 2.23. The maximum absolute atomic E-state index is 12.8. The van der Waals surface area contributed by atoms with Gasteiger partial charge in [0.05, 0.1) is 18.8 Å². The van der Waals surface area contributed by atoms with Crippen molar-refractivity contribution in [2.45, 2.75) is 19.5 Å². The number of aryl methyl sites for hydroxylation is 1. The van der Waals surface area contributed by atoms with Crippen molar-refractivity contribution in [3.63, 3.8) is 0 Å². The SMILES string of the molecule is N#CCCn1cc(C(=O)Cn2nc(-c3ccco3)oc2=O)c2ccccc21. The molecule has 3 heterocycles. The van der Waals surface area contributed by atoms with Crippen LogP contribution >= 0.6 is 0 Å². The van der Waals surface area contributed by atoms with E-state index < -0.39 is 5.76 Å². The van der Waals surface area contributed by atoms with Crippen LogP contribution in [0.4, 0.5) is 0 Å². The summed E-state index contributed by atoms with van der Waals surface area (Å²) in [4.78, 5) is 24.8. The molecule has 27 heavy (non-hydrogen) atoms. The van der Waals surface area contributed by atoms with Gasteiger partial charge in [-0.15, -0.1) is 5.10 Å². The molecule has 0 spiro atoms. The highest BCUT2D eigenvalue weighted by Gasteiger charge is 2.19. The number of rotatable bonds is 6. The Morgan fingerprint density at radius 1 is 1.22 bits per heavy atom. The van der Waals surface area contributed by atoms with Gasteiger partial charge in [0, 0.05) is 29.2 Å². The fraction of sp³-hybridized carbons (Fsp3) is 0.158. The third kappa shape index (κ3) is 3.06. The van der Waals surface area contributed by atoms with E-state index in [9.17, 15) is 9.59 Å². The van der Waals surface area contributed by atoms with E-state index in [0.717, 1.165) is 15.6 Å². The van der Waals surface area contributed by atoms with E-state index >= 15 is 0 Å². The van der Waals surface area contributed by atoms with Gasteiger partial charge in [0.1, 0.15) is 6.54 Å². The zero-order chi connectivity index (χ0) is 18.8. The van der Waals surface area contributed by atoms with E-state index in [1.165, 1.54) is 6.26 Å². The first-order chi connectivity index (χ1) is 13.2. The molecule has 0 fully saturated rings. The van der Waals surface area contributed by atoms with Crippen LogP contribution in [0.2, 0.25) is 0 Å². The first-order valence-electron chi connectivity index (χ1n) is 8.27. The number of aromatic nitrogens is 3. The molecule has 0 atom stereocenters. The van der Waals surface area contributed by atoms with Crippen LogP contribution in [0.5, 0.6) is 0 Å². The van der Waals surface area contributed by atoms with E-state index in [1.54, 1.807) is 18.3 Å². The zero-order valence-electron chi connectivity index (χ0n) is 14.2. The van der Waals surface area contributed by atoms with Crippen LogP contribution in [0.1, 0.15) is 16.8 Å². The molecule has 0 N–H and O–H groups in total. The molecule has 1 aromatic carbocycles. The van der Waals surface area contributed by atoms with Gasteiger partial charge in [-0.2, -0.15) is 9.94 Å². The molecule has 0 saturated carbocycles. The van der Waals surface area contributed by atoms with Crippen LogP contribution < -0.4 is 5.76 Å². The highest BCUT2D eigenvalue weighted by atomic mass is 16.4. The summed E-state index contributed by atoms with van der Waals surface area (Å²) in [6.07, 6.45) is 3.49. The lowest BCUT2D eigenvalue weighted by molar-refractivity contribution is 0.0966. The summed E-state index contributed by atoms with van der Waals surface area (Å²) in [6.45, 7) is 0.228. The van der Waals surface area contributed by atoms with Crippen molar-refractivity contribution >= 4 is 16.7 Å². The second kappa shape index (κ2) is 6.80. The van der Waals surface area contributed by atoms with E-state index in [0.29, 0.717) is 24.3 Å². The lowest BCUT2D eigenvalue weighted by Gasteiger charge is -2.00. The number of nitrogens with zero attached hydrogens (tertiary/aromatic N) is 4. The van der Waals surface area contributed by atoms with E-state index in [4.69, 9.17) is 14.1 Å². The fourth-order valence-electron chi connectivity index (χ4n) is 2.95. The van der Waals surface area contributed by atoms with Crippen LogP contribution in [0.25, 0.3) is 22.6 Å². The molecular formula is C19H14N4O4. The van der Waals surface area contributed by atoms with Gasteiger partial charge in [-0.05, 0) is 18.2 Å². The Hall–Kier alpha value is -3.86. The van der Waals surface area contributed by atoms with Crippen LogP contribution in [0, 0.1) is 11.3 Å². The van der Waals surface area contributed by atoms with Crippen molar-refractivity contribution in [3.8, 4) is 17.7 Å². The average molecular weight is 362 g/mol. The number of furan rings is 1. The molecule has 4 rings (SSSR count). The summed E-state index contributed by atoms with van der Waals surface area (Å²) < 4.78 is 13.0. The molecule has 3 aromatic heterocycles. The fourth-order valence-corrected chi connectivity index (χ4v) is 2.95. The summed E-state index contributed by atoms with van der Waals surface area (Å²) >= 11 is 0. The second-order valence-electron chi connectivity index (χ2n) is 5.89. The van der Waals surface area contributed by atoms with Gasteiger partial charge in [-0.1, -0.05) is 18.2 Å². The predicted octanol–water partition coefficient (Wildman–Crippen LogP) is 2.85. The van der Waals surface area contributed by atoms with Crippen molar-refractivity contribution in [1.82, 2.24) is 14.3 Å². The number of carbonyl (C=O) groups is 1. The molecule has 0 amide bonds. The van der Waals surface area contributed by atoms with Gasteiger partial charge < -0.3 is 13.4 Å². The smallest absolute Gasteiger partial charge is 0.437 e. The summed E-state index contributed by atoms with van der Waals surface area (Å²) in [5, 5.41) is 13.6. The van der Waals surface area contributed by atoms with Gasteiger partial charge >= 0.3 is 5.76 Å². The summed E-state index contributed by atoms with van der Waals surface area (Å²) in [5.74, 6) is -0.674. The quantitative estimate of drug-likeness (QED) is 0.488. The van der Waals surface area contributed by atoms with Crippen molar-refractivity contribution in [2.24, 2.45) is 0 Å². The van der Waals surface area contributed by atoms with Crippen molar-refractivity contribution in [1.29, 1.82) is 5.26 Å². The second-order valence-corrected chi connectivity index (χ2v) is 5.89. The third-order valence-electron chi connectivity index (χ3n) is 4.19. The Morgan fingerprint density at radius 3 is 2.85 bits per heavy atom. The summed E-state index contributed by atoms with van der Waals surface area (Å²) in [7, 11) is 0. The zero-order valence-corrected chi connectivity index (χ0v) is 14.2. The van der Waals surface area contributed by atoms with E-state index in [1.807, 2.05) is 28.8 Å². The Balaban J connectivity index is 1.66. The maximum atomic E-state index is 12.8. The molecule has 4 aromatic rings. The topological polar surface area (TPSA) is 107 Å². The molecule has 0 aliphatic rings. The Morgan fingerprint density at radius 2 is 2.07 bits per heavy atom. The summed E-state index contributed by atoms with van der Waals surface area (Å²) in [6, 6.07) is 12.8. The highest BCUT2D eigenvalue weighted by molar-refractivity contribution is 6.08. The molecule has 0 aliphatic heterocycles.